The molecule has 152 valence electrons. The second-order valence-corrected chi connectivity index (χ2v) is 6.84. The number of rotatable bonds is 6. The molecule has 0 aliphatic rings. The molecule has 11 heteroatoms. The maximum Gasteiger partial charge on any atom is 0.417 e. The number of pyridine rings is 1. The van der Waals surface area contributed by atoms with Crippen molar-refractivity contribution in [1.82, 2.24) is 20.0 Å². The molecule has 0 bridgehead atoms. The predicted octanol–water partition coefficient (Wildman–Crippen LogP) is 3.07. The number of fused-ring (bicyclic) bond motifs is 1. The van der Waals surface area contributed by atoms with Gasteiger partial charge in [-0.2, -0.15) is 13.2 Å². The van der Waals surface area contributed by atoms with Gasteiger partial charge in [0.2, 0.25) is 11.9 Å². The number of anilines is 1. The first kappa shape index (κ1) is 20.6. The largest absolute Gasteiger partial charge is 0.417 e. The van der Waals surface area contributed by atoms with Crippen LogP contribution >= 0.6 is 11.8 Å². The maximum atomic E-state index is 12.5. The van der Waals surface area contributed by atoms with Crippen molar-refractivity contribution >= 4 is 34.5 Å². The Balaban J connectivity index is 1.63. The highest BCUT2D eigenvalue weighted by Crippen LogP contribution is 2.29. The smallest absolute Gasteiger partial charge is 0.277 e. The Labute approximate surface area is 167 Å². The number of hydrazine groups is 1. The normalized spacial score (nSPS) is 11.4. The summed E-state index contributed by atoms with van der Waals surface area (Å²) in [4.78, 5) is 32.6. The average Bonchev–Trinajstić information content (AvgIpc) is 2.70. The van der Waals surface area contributed by atoms with E-state index in [0.717, 1.165) is 24.0 Å². The minimum absolute atomic E-state index is 0.0880. The summed E-state index contributed by atoms with van der Waals surface area (Å²) in [5, 5.41) is 0.748. The lowest BCUT2D eigenvalue weighted by atomic mass is 10.2. The minimum atomic E-state index is -4.46. The fraction of sp³-hybridized carbons (Fsp3) is 0.222. The van der Waals surface area contributed by atoms with Crippen LogP contribution in [0.5, 0.6) is 0 Å². The minimum Gasteiger partial charge on any atom is -0.277 e. The van der Waals surface area contributed by atoms with E-state index >= 15 is 0 Å². The molecular weight excluding hydrogens is 407 g/mol. The first-order chi connectivity index (χ1) is 13.8. The summed E-state index contributed by atoms with van der Waals surface area (Å²) in [6.07, 6.45) is -3.74. The van der Waals surface area contributed by atoms with Gasteiger partial charge >= 0.3 is 6.18 Å². The van der Waals surface area contributed by atoms with Crippen LogP contribution in [0, 0.1) is 0 Å². The summed E-state index contributed by atoms with van der Waals surface area (Å²) in [6, 6.07) is 8.97. The third kappa shape index (κ3) is 4.86. The molecule has 0 saturated heterocycles. The summed E-state index contributed by atoms with van der Waals surface area (Å²) in [5.74, 6) is -0.362. The van der Waals surface area contributed by atoms with Crippen molar-refractivity contribution in [1.29, 1.82) is 0 Å². The Hall–Kier alpha value is -3.08. The van der Waals surface area contributed by atoms with Crippen LogP contribution in [0.25, 0.3) is 10.9 Å². The number of nitrogens with zero attached hydrogens (tertiary/aromatic N) is 3. The van der Waals surface area contributed by atoms with Gasteiger partial charge in [0.05, 0.1) is 27.2 Å². The molecule has 0 fully saturated rings. The lowest BCUT2D eigenvalue weighted by molar-refractivity contribution is -0.137. The number of benzene rings is 1. The van der Waals surface area contributed by atoms with Crippen molar-refractivity contribution in [2.45, 2.75) is 24.7 Å². The maximum absolute atomic E-state index is 12.5. The van der Waals surface area contributed by atoms with Crippen LogP contribution in [0.4, 0.5) is 19.1 Å². The van der Waals surface area contributed by atoms with Gasteiger partial charge in [-0.15, -0.1) is 0 Å². The highest BCUT2D eigenvalue weighted by molar-refractivity contribution is 7.99. The van der Waals surface area contributed by atoms with Gasteiger partial charge in [-0.3, -0.25) is 25.0 Å². The van der Waals surface area contributed by atoms with Gasteiger partial charge in [-0.1, -0.05) is 23.9 Å². The van der Waals surface area contributed by atoms with Crippen molar-refractivity contribution in [3.63, 3.8) is 0 Å². The molecule has 0 radical (unpaired) electrons. The van der Waals surface area contributed by atoms with E-state index in [-0.39, 0.29) is 22.3 Å². The summed E-state index contributed by atoms with van der Waals surface area (Å²) in [5.41, 5.74) is 4.46. The molecule has 1 amide bonds. The van der Waals surface area contributed by atoms with Crippen LogP contribution in [0.2, 0.25) is 0 Å². The molecule has 0 unspecified atom stereocenters. The van der Waals surface area contributed by atoms with E-state index in [1.165, 1.54) is 10.6 Å². The van der Waals surface area contributed by atoms with E-state index in [2.05, 4.69) is 20.8 Å². The summed E-state index contributed by atoms with van der Waals surface area (Å²) in [6.45, 7) is 2.12. The molecule has 3 rings (SSSR count). The first-order valence-electron chi connectivity index (χ1n) is 8.50. The second-order valence-electron chi connectivity index (χ2n) is 5.85. The lowest BCUT2D eigenvalue weighted by Crippen LogP contribution is -2.35. The van der Waals surface area contributed by atoms with E-state index in [9.17, 15) is 22.8 Å². The molecule has 1 aromatic carbocycles. The molecule has 3 aromatic rings. The quantitative estimate of drug-likeness (QED) is 0.468. The van der Waals surface area contributed by atoms with Gasteiger partial charge in [0.15, 0.2) is 0 Å². The number of hydrogen-bond acceptors (Lipinski definition) is 6. The zero-order chi connectivity index (χ0) is 21.0. The van der Waals surface area contributed by atoms with Gasteiger partial charge in [0, 0.05) is 12.7 Å². The Bertz CT molecular complexity index is 1080. The highest BCUT2D eigenvalue weighted by atomic mass is 32.2. The lowest BCUT2D eigenvalue weighted by Gasteiger charge is -2.14. The number of thioether (sulfide) groups is 1. The van der Waals surface area contributed by atoms with Crippen molar-refractivity contribution in [2.75, 3.05) is 11.2 Å². The third-order valence-electron chi connectivity index (χ3n) is 3.91. The van der Waals surface area contributed by atoms with Crippen molar-refractivity contribution in [3.8, 4) is 0 Å². The van der Waals surface area contributed by atoms with Gasteiger partial charge in [-0.25, -0.2) is 9.97 Å². The standard InChI is InChI=1S/C18H16F3N5O2S/c1-2-26-16(28)12-5-3-4-6-13(12)23-17(26)25-24-14(27)10-29-15-8-7-11(9-22-15)18(19,20)21/h3-9H,2,10H2,1H3,(H,23,25)(H,24,27). The number of carbonyl (C=O) groups excluding carboxylic acids is 1. The molecule has 2 heterocycles. The van der Waals surface area contributed by atoms with Gasteiger partial charge < -0.3 is 0 Å². The molecule has 2 aromatic heterocycles. The number of nitrogens with one attached hydrogen (secondary N) is 2. The van der Waals surface area contributed by atoms with Crippen LogP contribution < -0.4 is 16.4 Å². The van der Waals surface area contributed by atoms with Crippen molar-refractivity contribution < 1.29 is 18.0 Å². The highest BCUT2D eigenvalue weighted by Gasteiger charge is 2.30. The number of amides is 1. The van der Waals surface area contributed by atoms with E-state index in [1.807, 2.05) is 0 Å². The molecule has 0 saturated carbocycles. The molecule has 2 N–H and O–H groups in total. The summed E-state index contributed by atoms with van der Waals surface area (Å²) >= 11 is 0.979. The zero-order valence-electron chi connectivity index (χ0n) is 15.2. The molecule has 0 aliphatic heterocycles. The fourth-order valence-electron chi connectivity index (χ4n) is 2.49. The van der Waals surface area contributed by atoms with Crippen molar-refractivity contribution in [3.05, 3.63) is 58.5 Å². The van der Waals surface area contributed by atoms with Gasteiger partial charge in [0.25, 0.3) is 5.56 Å². The van der Waals surface area contributed by atoms with E-state index < -0.39 is 17.6 Å². The number of carbonyl (C=O) groups is 1. The molecule has 0 aliphatic carbocycles. The monoisotopic (exact) mass is 423 g/mol. The van der Waals surface area contributed by atoms with Crippen LogP contribution in [0.3, 0.4) is 0 Å². The van der Waals surface area contributed by atoms with Crippen LogP contribution in [-0.4, -0.2) is 26.2 Å². The number of aromatic nitrogens is 3. The van der Waals surface area contributed by atoms with Gasteiger partial charge in [0.1, 0.15) is 0 Å². The Kier molecular flexibility index (Phi) is 6.06. The zero-order valence-corrected chi connectivity index (χ0v) is 16.0. The molecule has 0 atom stereocenters. The molecule has 7 nitrogen and oxygen atoms in total. The van der Waals surface area contributed by atoms with E-state index in [1.54, 1.807) is 31.2 Å². The van der Waals surface area contributed by atoms with Crippen LogP contribution in [0.15, 0.2) is 52.4 Å². The average molecular weight is 423 g/mol. The molecule has 0 spiro atoms. The van der Waals surface area contributed by atoms with Crippen molar-refractivity contribution in [2.24, 2.45) is 0 Å². The van der Waals surface area contributed by atoms with E-state index in [0.29, 0.717) is 17.4 Å². The number of halogens is 3. The number of para-hydroxylation sites is 1. The Morgan fingerprint density at radius 2 is 1.97 bits per heavy atom. The Morgan fingerprint density at radius 3 is 2.62 bits per heavy atom. The topological polar surface area (TPSA) is 88.9 Å². The summed E-state index contributed by atoms with van der Waals surface area (Å²) in [7, 11) is 0. The second kappa shape index (κ2) is 8.52. The number of hydrogen-bond donors (Lipinski definition) is 2. The predicted molar refractivity (Wildman–Crippen MR) is 103 cm³/mol. The van der Waals surface area contributed by atoms with Crippen LogP contribution in [0.1, 0.15) is 12.5 Å². The van der Waals surface area contributed by atoms with Gasteiger partial charge in [-0.05, 0) is 31.2 Å². The fourth-order valence-corrected chi connectivity index (χ4v) is 3.13. The SMILES string of the molecule is CCn1c(NNC(=O)CSc2ccc(C(F)(F)F)cn2)nc2ccccc2c1=O. The first-order valence-corrected chi connectivity index (χ1v) is 9.48. The molecular formula is C18H16F3N5O2S. The number of alkyl halides is 3. The molecule has 29 heavy (non-hydrogen) atoms. The van der Waals surface area contributed by atoms with E-state index in [4.69, 9.17) is 0 Å². The Morgan fingerprint density at radius 1 is 1.21 bits per heavy atom. The van der Waals surface area contributed by atoms with Crippen LogP contribution in [-0.2, 0) is 17.5 Å². The third-order valence-corrected chi connectivity index (χ3v) is 4.85. The summed E-state index contributed by atoms with van der Waals surface area (Å²) < 4.78 is 39.0.